The van der Waals surface area contributed by atoms with Crippen LogP contribution in [0.25, 0.3) is 0 Å². The lowest BCUT2D eigenvalue weighted by Crippen LogP contribution is -2.02. The minimum absolute atomic E-state index is 0.328. The number of anilines is 1. The fraction of sp³-hybridized carbons (Fsp3) is 0.167. The van der Waals surface area contributed by atoms with Crippen molar-refractivity contribution in [2.75, 3.05) is 12.4 Å². The van der Waals surface area contributed by atoms with E-state index in [9.17, 15) is 4.79 Å². The zero-order valence-corrected chi connectivity index (χ0v) is 12.0. The second-order valence-corrected chi connectivity index (χ2v) is 5.98. The van der Waals surface area contributed by atoms with Gasteiger partial charge in [-0.3, -0.25) is 0 Å². The second-order valence-electron chi connectivity index (χ2n) is 3.48. The molecule has 94 valence electrons. The van der Waals surface area contributed by atoms with E-state index in [2.05, 4.69) is 31.0 Å². The molecular weight excluding hydrogens is 316 g/mol. The van der Waals surface area contributed by atoms with E-state index in [1.807, 2.05) is 12.1 Å². The first kappa shape index (κ1) is 13.0. The van der Waals surface area contributed by atoms with Gasteiger partial charge in [0.1, 0.15) is 5.01 Å². The molecule has 18 heavy (non-hydrogen) atoms. The molecule has 0 bridgehead atoms. The van der Waals surface area contributed by atoms with Crippen molar-refractivity contribution in [3.05, 3.63) is 44.8 Å². The van der Waals surface area contributed by atoms with E-state index in [-0.39, 0.29) is 5.97 Å². The van der Waals surface area contributed by atoms with Gasteiger partial charge in [-0.05, 0) is 40.2 Å². The van der Waals surface area contributed by atoms with Crippen molar-refractivity contribution in [3.63, 3.8) is 0 Å². The summed E-state index contributed by atoms with van der Waals surface area (Å²) in [5, 5.41) is 4.23. The Morgan fingerprint density at radius 1 is 1.44 bits per heavy atom. The van der Waals surface area contributed by atoms with Gasteiger partial charge in [-0.1, -0.05) is 0 Å². The van der Waals surface area contributed by atoms with Crippen LogP contribution in [0, 0.1) is 0 Å². The van der Waals surface area contributed by atoms with Gasteiger partial charge in [-0.2, -0.15) is 0 Å². The number of hydrogen-bond acceptors (Lipinski definition) is 5. The van der Waals surface area contributed by atoms with Crippen molar-refractivity contribution in [1.29, 1.82) is 0 Å². The first-order valence-corrected chi connectivity index (χ1v) is 6.82. The first-order chi connectivity index (χ1) is 8.69. The van der Waals surface area contributed by atoms with Gasteiger partial charge in [-0.15, -0.1) is 11.3 Å². The van der Waals surface area contributed by atoms with Crippen LogP contribution in [0.2, 0.25) is 0 Å². The molecule has 0 fully saturated rings. The molecule has 6 heteroatoms. The van der Waals surface area contributed by atoms with Crippen molar-refractivity contribution in [2.45, 2.75) is 6.54 Å². The lowest BCUT2D eigenvalue weighted by atomic mass is 10.2. The van der Waals surface area contributed by atoms with Crippen LogP contribution in [-0.2, 0) is 11.3 Å². The molecule has 0 atom stereocenters. The monoisotopic (exact) mass is 326 g/mol. The number of aromatic nitrogens is 1. The van der Waals surface area contributed by atoms with E-state index in [0.717, 1.165) is 14.5 Å². The number of nitrogens with zero attached hydrogens (tertiary/aromatic N) is 1. The average molecular weight is 327 g/mol. The smallest absolute Gasteiger partial charge is 0.337 e. The Morgan fingerprint density at radius 3 is 2.72 bits per heavy atom. The maximum absolute atomic E-state index is 11.3. The minimum Gasteiger partial charge on any atom is -0.465 e. The summed E-state index contributed by atoms with van der Waals surface area (Å²) in [6.07, 6.45) is 1.78. The van der Waals surface area contributed by atoms with Crippen LogP contribution in [0.3, 0.4) is 0 Å². The summed E-state index contributed by atoms with van der Waals surface area (Å²) < 4.78 is 5.65. The first-order valence-electron chi connectivity index (χ1n) is 5.21. The van der Waals surface area contributed by atoms with Gasteiger partial charge in [0.25, 0.3) is 0 Å². The molecule has 4 nitrogen and oxygen atoms in total. The van der Waals surface area contributed by atoms with E-state index in [4.69, 9.17) is 0 Å². The maximum atomic E-state index is 11.3. The number of rotatable bonds is 4. The molecular formula is C12H11BrN2O2S. The number of benzene rings is 1. The number of ether oxygens (including phenoxy) is 1. The number of carbonyl (C=O) groups is 1. The van der Waals surface area contributed by atoms with Gasteiger partial charge in [0.05, 0.1) is 29.2 Å². The van der Waals surface area contributed by atoms with Crippen LogP contribution >= 0.6 is 27.3 Å². The number of nitrogens with one attached hydrogen (secondary N) is 1. The predicted molar refractivity (Wildman–Crippen MR) is 74.9 cm³/mol. The zero-order chi connectivity index (χ0) is 13.0. The maximum Gasteiger partial charge on any atom is 0.337 e. The van der Waals surface area contributed by atoms with Gasteiger partial charge in [-0.25, -0.2) is 9.78 Å². The summed E-state index contributed by atoms with van der Waals surface area (Å²) in [6.45, 7) is 0.661. The molecule has 0 radical (unpaired) electrons. The topological polar surface area (TPSA) is 51.2 Å². The SMILES string of the molecule is COC(=O)c1ccc(NCc2ncc(Br)s2)cc1. The molecule has 1 N–H and O–H groups in total. The Balaban J connectivity index is 1.96. The molecule has 0 aliphatic carbocycles. The molecule has 0 aliphatic heterocycles. The summed E-state index contributed by atoms with van der Waals surface area (Å²) in [6, 6.07) is 7.14. The number of esters is 1. The quantitative estimate of drug-likeness (QED) is 0.876. The molecule has 1 heterocycles. The molecule has 0 unspecified atom stereocenters. The van der Waals surface area contributed by atoms with E-state index in [0.29, 0.717) is 12.1 Å². The molecule has 0 saturated heterocycles. The summed E-state index contributed by atoms with van der Waals surface area (Å²) in [7, 11) is 1.37. The number of hydrogen-bond donors (Lipinski definition) is 1. The Hall–Kier alpha value is -1.40. The molecule has 2 rings (SSSR count). The molecule has 1 aromatic carbocycles. The molecule has 0 spiro atoms. The van der Waals surface area contributed by atoms with Crippen molar-refractivity contribution in [2.24, 2.45) is 0 Å². The normalized spacial score (nSPS) is 10.1. The highest BCUT2D eigenvalue weighted by Crippen LogP contribution is 2.20. The highest BCUT2D eigenvalue weighted by Gasteiger charge is 2.04. The van der Waals surface area contributed by atoms with Gasteiger partial charge >= 0.3 is 5.97 Å². The van der Waals surface area contributed by atoms with Gasteiger partial charge in [0.15, 0.2) is 0 Å². The Kier molecular flexibility index (Phi) is 4.33. The molecule has 0 amide bonds. The Bertz CT molecular complexity index is 539. The molecule has 0 saturated carbocycles. The Morgan fingerprint density at radius 2 is 2.17 bits per heavy atom. The third-order valence-corrected chi connectivity index (χ3v) is 3.75. The Labute approximate surface area is 117 Å². The predicted octanol–water partition coefficient (Wildman–Crippen LogP) is 3.30. The standard InChI is InChI=1S/C12H11BrN2O2S/c1-17-12(16)8-2-4-9(5-3-8)14-7-11-15-6-10(13)18-11/h2-6,14H,7H2,1H3. The van der Waals surface area contributed by atoms with Crippen LogP contribution in [0.1, 0.15) is 15.4 Å². The zero-order valence-electron chi connectivity index (χ0n) is 9.64. The van der Waals surface area contributed by atoms with Crippen molar-refractivity contribution < 1.29 is 9.53 Å². The van der Waals surface area contributed by atoms with Gasteiger partial charge in [0.2, 0.25) is 0 Å². The minimum atomic E-state index is -0.328. The number of methoxy groups -OCH3 is 1. The summed E-state index contributed by atoms with van der Waals surface area (Å²) >= 11 is 4.96. The highest BCUT2D eigenvalue weighted by atomic mass is 79.9. The number of thiazole rings is 1. The van der Waals surface area contributed by atoms with E-state index < -0.39 is 0 Å². The third kappa shape index (κ3) is 3.30. The molecule has 1 aromatic heterocycles. The van der Waals surface area contributed by atoms with E-state index in [1.165, 1.54) is 7.11 Å². The fourth-order valence-electron chi connectivity index (χ4n) is 1.39. The highest BCUT2D eigenvalue weighted by molar-refractivity contribution is 9.11. The van der Waals surface area contributed by atoms with Crippen LogP contribution in [0.5, 0.6) is 0 Å². The fourth-order valence-corrected chi connectivity index (χ4v) is 2.63. The number of halogens is 1. The van der Waals surface area contributed by atoms with E-state index >= 15 is 0 Å². The summed E-state index contributed by atoms with van der Waals surface area (Å²) in [5.74, 6) is -0.328. The lowest BCUT2D eigenvalue weighted by molar-refractivity contribution is 0.0601. The lowest BCUT2D eigenvalue weighted by Gasteiger charge is -2.05. The second kappa shape index (κ2) is 5.97. The summed E-state index contributed by atoms with van der Waals surface area (Å²) in [5.41, 5.74) is 1.48. The average Bonchev–Trinajstić information content (AvgIpc) is 2.82. The van der Waals surface area contributed by atoms with Crippen molar-refractivity contribution >= 4 is 38.9 Å². The van der Waals surface area contributed by atoms with E-state index in [1.54, 1.807) is 29.7 Å². The van der Waals surface area contributed by atoms with Crippen molar-refractivity contribution in [3.8, 4) is 0 Å². The third-order valence-electron chi connectivity index (χ3n) is 2.28. The van der Waals surface area contributed by atoms with Crippen LogP contribution in [0.4, 0.5) is 5.69 Å². The molecule has 2 aromatic rings. The van der Waals surface area contributed by atoms with Crippen molar-refractivity contribution in [1.82, 2.24) is 4.98 Å². The van der Waals surface area contributed by atoms with Gasteiger partial charge in [0, 0.05) is 5.69 Å². The largest absolute Gasteiger partial charge is 0.465 e. The molecule has 0 aliphatic rings. The summed E-state index contributed by atoms with van der Waals surface area (Å²) in [4.78, 5) is 15.5. The van der Waals surface area contributed by atoms with Crippen LogP contribution in [-0.4, -0.2) is 18.1 Å². The number of carbonyl (C=O) groups excluding carboxylic acids is 1. The van der Waals surface area contributed by atoms with Crippen LogP contribution in [0.15, 0.2) is 34.2 Å². The van der Waals surface area contributed by atoms with Crippen LogP contribution < -0.4 is 5.32 Å². The van der Waals surface area contributed by atoms with Gasteiger partial charge < -0.3 is 10.1 Å².